The lowest BCUT2D eigenvalue weighted by atomic mass is 10.1. The van der Waals surface area contributed by atoms with Gasteiger partial charge in [-0.3, -0.25) is 9.59 Å². The molecule has 0 saturated carbocycles. The third-order valence-corrected chi connectivity index (χ3v) is 5.99. The van der Waals surface area contributed by atoms with Crippen molar-refractivity contribution in [3.8, 4) is 5.75 Å². The van der Waals surface area contributed by atoms with Gasteiger partial charge in [0.25, 0.3) is 5.91 Å². The molecule has 7 heteroatoms. The monoisotopic (exact) mass is 447 g/mol. The number of anilines is 1. The second-order valence-corrected chi connectivity index (χ2v) is 8.65. The van der Waals surface area contributed by atoms with Crippen molar-refractivity contribution in [3.63, 3.8) is 0 Å². The number of aromatic nitrogens is 1. The molecule has 1 saturated heterocycles. The molecule has 164 valence electrons. The van der Waals surface area contributed by atoms with Crippen LogP contribution in [0.3, 0.4) is 0 Å². The summed E-state index contributed by atoms with van der Waals surface area (Å²) in [6.07, 6.45) is 5.32. The molecule has 0 unspecified atom stereocenters. The molecule has 0 radical (unpaired) electrons. The van der Waals surface area contributed by atoms with Crippen LogP contribution >= 0.6 is 11.3 Å². The summed E-state index contributed by atoms with van der Waals surface area (Å²) in [5, 5.41) is 5.81. The van der Waals surface area contributed by atoms with Crippen molar-refractivity contribution in [3.05, 3.63) is 81.8 Å². The summed E-state index contributed by atoms with van der Waals surface area (Å²) in [5.41, 5.74) is 2.97. The van der Waals surface area contributed by atoms with Gasteiger partial charge in [0.15, 0.2) is 0 Å². The molecule has 1 aliphatic heterocycles. The Kier molecular flexibility index (Phi) is 6.97. The number of nitrogens with zero attached hydrogens (tertiary/aromatic N) is 2. The van der Waals surface area contributed by atoms with Crippen LogP contribution in [0, 0.1) is 6.92 Å². The molecular weight excluding hydrogens is 422 g/mol. The van der Waals surface area contributed by atoms with Crippen LogP contribution in [0.1, 0.15) is 39.5 Å². The average molecular weight is 448 g/mol. The molecule has 2 amide bonds. The van der Waals surface area contributed by atoms with Crippen molar-refractivity contribution in [1.82, 2.24) is 9.88 Å². The number of likely N-dealkylation sites (tertiary alicyclic amines) is 1. The van der Waals surface area contributed by atoms with Gasteiger partial charge in [0.05, 0.1) is 10.7 Å². The van der Waals surface area contributed by atoms with Crippen molar-refractivity contribution < 1.29 is 14.3 Å². The Bertz CT molecular complexity index is 1120. The summed E-state index contributed by atoms with van der Waals surface area (Å²) in [6, 6.07) is 14.6. The van der Waals surface area contributed by atoms with E-state index in [1.54, 1.807) is 41.7 Å². The second kappa shape index (κ2) is 10.2. The Morgan fingerprint density at radius 2 is 1.88 bits per heavy atom. The summed E-state index contributed by atoms with van der Waals surface area (Å²) in [5.74, 6) is 0.477. The SMILES string of the molecule is Cc1nc(COc2ccccc2/C=C/C(=O)Nc2ccc(C(=O)N3CCCC3)cc2)cs1. The highest BCUT2D eigenvalue weighted by Crippen LogP contribution is 2.21. The zero-order chi connectivity index (χ0) is 22.3. The number of nitrogens with one attached hydrogen (secondary N) is 1. The highest BCUT2D eigenvalue weighted by Gasteiger charge is 2.19. The predicted octanol–water partition coefficient (Wildman–Crippen LogP) is 4.92. The van der Waals surface area contributed by atoms with E-state index in [1.165, 1.54) is 6.08 Å². The largest absolute Gasteiger partial charge is 0.487 e. The van der Waals surface area contributed by atoms with E-state index in [2.05, 4.69) is 10.3 Å². The third kappa shape index (κ3) is 5.62. The lowest BCUT2D eigenvalue weighted by molar-refractivity contribution is -0.111. The maximum atomic E-state index is 12.4. The van der Waals surface area contributed by atoms with Crippen LogP contribution in [0.4, 0.5) is 5.69 Å². The van der Waals surface area contributed by atoms with E-state index >= 15 is 0 Å². The first-order valence-electron chi connectivity index (χ1n) is 10.6. The van der Waals surface area contributed by atoms with Gasteiger partial charge >= 0.3 is 0 Å². The number of thiazole rings is 1. The van der Waals surface area contributed by atoms with Crippen LogP contribution in [-0.4, -0.2) is 34.8 Å². The molecule has 2 heterocycles. The van der Waals surface area contributed by atoms with Crippen molar-refractivity contribution in [2.24, 2.45) is 0 Å². The highest BCUT2D eigenvalue weighted by atomic mass is 32.1. The first-order chi connectivity index (χ1) is 15.6. The number of hydrogen-bond acceptors (Lipinski definition) is 5. The molecule has 0 spiro atoms. The van der Waals surface area contributed by atoms with Gasteiger partial charge in [-0.05, 0) is 56.2 Å². The van der Waals surface area contributed by atoms with Gasteiger partial charge in [-0.15, -0.1) is 11.3 Å². The van der Waals surface area contributed by atoms with Gasteiger partial charge < -0.3 is 15.0 Å². The molecular formula is C25H25N3O3S. The van der Waals surface area contributed by atoms with Gasteiger partial charge in [-0.1, -0.05) is 18.2 Å². The number of rotatable bonds is 7. The second-order valence-electron chi connectivity index (χ2n) is 7.58. The first-order valence-corrected chi connectivity index (χ1v) is 11.5. The van der Waals surface area contributed by atoms with E-state index < -0.39 is 0 Å². The molecule has 32 heavy (non-hydrogen) atoms. The van der Waals surface area contributed by atoms with Crippen LogP contribution in [0.25, 0.3) is 6.08 Å². The molecule has 3 aromatic rings. The van der Waals surface area contributed by atoms with Crippen molar-refractivity contribution in [1.29, 1.82) is 0 Å². The normalized spacial score (nSPS) is 13.5. The molecule has 0 aliphatic carbocycles. The number of hydrogen-bond donors (Lipinski definition) is 1. The Labute approximate surface area is 191 Å². The summed E-state index contributed by atoms with van der Waals surface area (Å²) < 4.78 is 5.89. The molecule has 0 bridgehead atoms. The molecule has 1 fully saturated rings. The fourth-order valence-electron chi connectivity index (χ4n) is 3.52. The number of ether oxygens (including phenoxy) is 1. The number of aryl methyl sites for hydroxylation is 1. The lowest BCUT2D eigenvalue weighted by Gasteiger charge is -2.15. The van der Waals surface area contributed by atoms with Gasteiger partial charge in [0.1, 0.15) is 12.4 Å². The molecule has 1 N–H and O–H groups in total. The zero-order valence-electron chi connectivity index (χ0n) is 17.9. The minimum absolute atomic E-state index is 0.0460. The maximum absolute atomic E-state index is 12.4. The average Bonchev–Trinajstić information content (AvgIpc) is 3.49. The fraction of sp³-hybridized carbons (Fsp3) is 0.240. The fourth-order valence-corrected chi connectivity index (χ4v) is 4.12. The number of para-hydroxylation sites is 1. The summed E-state index contributed by atoms with van der Waals surface area (Å²) in [7, 11) is 0. The van der Waals surface area contributed by atoms with Crippen molar-refractivity contribution in [2.75, 3.05) is 18.4 Å². The van der Waals surface area contributed by atoms with E-state index in [4.69, 9.17) is 4.74 Å². The number of carbonyl (C=O) groups is 2. The minimum atomic E-state index is -0.256. The van der Waals surface area contributed by atoms with Crippen LogP contribution in [-0.2, 0) is 11.4 Å². The van der Waals surface area contributed by atoms with E-state index in [-0.39, 0.29) is 11.8 Å². The third-order valence-electron chi connectivity index (χ3n) is 5.17. The van der Waals surface area contributed by atoms with Crippen LogP contribution < -0.4 is 10.1 Å². The minimum Gasteiger partial charge on any atom is -0.487 e. The predicted molar refractivity (Wildman–Crippen MR) is 127 cm³/mol. The number of amides is 2. The van der Waals surface area contributed by atoms with E-state index in [0.29, 0.717) is 23.6 Å². The van der Waals surface area contributed by atoms with Gasteiger partial charge in [0, 0.05) is 41.4 Å². The Morgan fingerprint density at radius 1 is 1.12 bits per heavy atom. The Balaban J connectivity index is 1.34. The molecule has 0 atom stereocenters. The molecule has 6 nitrogen and oxygen atoms in total. The van der Waals surface area contributed by atoms with Gasteiger partial charge in [-0.2, -0.15) is 0 Å². The maximum Gasteiger partial charge on any atom is 0.253 e. The number of benzene rings is 2. The van der Waals surface area contributed by atoms with Gasteiger partial charge in [0.2, 0.25) is 5.91 Å². The molecule has 1 aliphatic rings. The van der Waals surface area contributed by atoms with Crippen LogP contribution in [0.15, 0.2) is 60.0 Å². The van der Waals surface area contributed by atoms with E-state index in [0.717, 1.165) is 42.2 Å². The summed E-state index contributed by atoms with van der Waals surface area (Å²) in [4.78, 5) is 31.1. The number of carbonyl (C=O) groups excluding carboxylic acids is 2. The molecule has 4 rings (SSSR count). The quantitative estimate of drug-likeness (QED) is 0.522. The summed E-state index contributed by atoms with van der Waals surface area (Å²) in [6.45, 7) is 3.97. The molecule has 1 aromatic heterocycles. The highest BCUT2D eigenvalue weighted by molar-refractivity contribution is 7.09. The summed E-state index contributed by atoms with van der Waals surface area (Å²) >= 11 is 1.59. The smallest absolute Gasteiger partial charge is 0.253 e. The topological polar surface area (TPSA) is 71.5 Å². The standard InChI is InChI=1S/C25H25N3O3S/c1-18-26-22(17-32-18)16-31-23-7-3-2-6-19(23)10-13-24(29)27-21-11-8-20(9-12-21)25(30)28-14-4-5-15-28/h2-3,6-13,17H,4-5,14-16H2,1H3,(H,27,29)/b13-10+. The van der Waals surface area contributed by atoms with E-state index in [9.17, 15) is 9.59 Å². The Hall–Kier alpha value is -3.45. The van der Waals surface area contributed by atoms with E-state index in [1.807, 2.05) is 41.5 Å². The zero-order valence-corrected chi connectivity index (χ0v) is 18.7. The van der Waals surface area contributed by atoms with Crippen molar-refractivity contribution >= 4 is 34.9 Å². The first kappa shape index (κ1) is 21.8. The lowest BCUT2D eigenvalue weighted by Crippen LogP contribution is -2.27. The van der Waals surface area contributed by atoms with Crippen LogP contribution in [0.2, 0.25) is 0 Å². The van der Waals surface area contributed by atoms with Gasteiger partial charge in [-0.25, -0.2) is 4.98 Å². The molecule has 2 aromatic carbocycles. The van der Waals surface area contributed by atoms with Crippen molar-refractivity contribution in [2.45, 2.75) is 26.4 Å². The van der Waals surface area contributed by atoms with Crippen LogP contribution in [0.5, 0.6) is 5.75 Å². The Morgan fingerprint density at radius 3 is 2.59 bits per heavy atom.